The molecular formula is C62H55NO. The van der Waals surface area contributed by atoms with Crippen molar-refractivity contribution < 1.29 is 4.74 Å². The topological polar surface area (TPSA) is 14.2 Å². The van der Waals surface area contributed by atoms with Crippen LogP contribution in [0, 0.1) is 0 Å². The molecule has 0 saturated carbocycles. The Hall–Kier alpha value is -7.38. The lowest BCUT2D eigenvalue weighted by molar-refractivity contribution is 0.388. The number of fused-ring (bicyclic) bond motifs is 6. The predicted molar refractivity (Wildman–Crippen MR) is 278 cm³/mol. The van der Waals surface area contributed by atoms with E-state index in [1.807, 2.05) is 26.0 Å². The molecule has 1 atom stereocenters. The van der Waals surface area contributed by atoms with Gasteiger partial charge in [-0.2, -0.15) is 0 Å². The van der Waals surface area contributed by atoms with E-state index in [4.69, 9.17) is 4.74 Å². The van der Waals surface area contributed by atoms with Gasteiger partial charge in [0.05, 0.1) is 11.0 Å². The molecule has 0 radical (unpaired) electrons. The van der Waals surface area contributed by atoms with Gasteiger partial charge in [0.2, 0.25) is 0 Å². The van der Waals surface area contributed by atoms with Crippen LogP contribution >= 0.6 is 0 Å². The number of hydrogen-bond donors (Lipinski definition) is 0. The van der Waals surface area contributed by atoms with Crippen molar-refractivity contribution in [2.24, 2.45) is 0 Å². The first kappa shape index (κ1) is 41.9. The van der Waals surface area contributed by atoms with Gasteiger partial charge in [0.15, 0.2) is 0 Å². The number of ether oxygens (including phenoxy) is 1. The lowest BCUT2D eigenvalue weighted by atomic mass is 9.85. The van der Waals surface area contributed by atoms with Gasteiger partial charge in [-0.25, -0.2) is 0 Å². The molecule has 6 aromatic carbocycles. The van der Waals surface area contributed by atoms with Crippen molar-refractivity contribution in [1.82, 2.24) is 4.57 Å². The van der Waals surface area contributed by atoms with Gasteiger partial charge in [0.1, 0.15) is 12.4 Å². The van der Waals surface area contributed by atoms with Crippen LogP contribution in [0.3, 0.4) is 0 Å². The molecule has 7 aromatic rings. The highest BCUT2D eigenvalue weighted by atomic mass is 16.5. The van der Waals surface area contributed by atoms with Crippen LogP contribution in [0.15, 0.2) is 194 Å². The fourth-order valence-electron chi connectivity index (χ4n) is 9.52. The van der Waals surface area contributed by atoms with E-state index in [0.29, 0.717) is 6.61 Å². The smallest absolute Gasteiger partial charge is 0.127 e. The van der Waals surface area contributed by atoms with Crippen molar-refractivity contribution in [2.45, 2.75) is 53.4 Å². The third-order valence-electron chi connectivity index (χ3n) is 12.4. The number of aromatic nitrogens is 1. The molecule has 1 aromatic heterocycles. The molecule has 1 aliphatic heterocycles. The van der Waals surface area contributed by atoms with E-state index in [2.05, 4.69) is 219 Å². The van der Waals surface area contributed by atoms with Crippen LogP contribution in [0.2, 0.25) is 0 Å². The molecule has 314 valence electrons. The zero-order chi connectivity index (χ0) is 44.0. The molecule has 64 heavy (non-hydrogen) atoms. The maximum Gasteiger partial charge on any atom is 0.127 e. The van der Waals surface area contributed by atoms with Crippen LogP contribution in [-0.2, 0) is 0 Å². The van der Waals surface area contributed by atoms with E-state index in [-0.39, 0.29) is 5.92 Å². The molecule has 0 amide bonds. The van der Waals surface area contributed by atoms with Crippen molar-refractivity contribution in [2.75, 3.05) is 6.61 Å². The third kappa shape index (κ3) is 7.83. The Bertz CT molecular complexity index is 3360. The molecule has 2 heterocycles. The average Bonchev–Trinajstić information content (AvgIpc) is 3.66. The van der Waals surface area contributed by atoms with Crippen molar-refractivity contribution in [3.8, 4) is 16.9 Å². The van der Waals surface area contributed by atoms with Gasteiger partial charge in [-0.3, -0.25) is 0 Å². The number of hydrogen-bond acceptors (Lipinski definition) is 1. The molecule has 3 aliphatic rings. The summed E-state index contributed by atoms with van der Waals surface area (Å²) in [6.45, 7) is 11.2. The first-order valence-electron chi connectivity index (χ1n) is 23.0. The van der Waals surface area contributed by atoms with Gasteiger partial charge in [-0.15, -0.1) is 5.73 Å². The summed E-state index contributed by atoms with van der Waals surface area (Å²) >= 11 is 0. The fourth-order valence-corrected chi connectivity index (χ4v) is 9.52. The van der Waals surface area contributed by atoms with Crippen molar-refractivity contribution >= 4 is 66.8 Å². The second kappa shape index (κ2) is 18.9. The number of rotatable bonds is 9. The Kier molecular flexibility index (Phi) is 12.4. The third-order valence-corrected chi connectivity index (χ3v) is 12.4. The van der Waals surface area contributed by atoms with Crippen LogP contribution in [0.25, 0.3) is 77.9 Å². The average molecular weight is 830 g/mol. The molecule has 0 bridgehead atoms. The van der Waals surface area contributed by atoms with Crippen LogP contribution in [0.1, 0.15) is 75.6 Å². The van der Waals surface area contributed by atoms with E-state index < -0.39 is 0 Å². The molecule has 1 unspecified atom stereocenters. The van der Waals surface area contributed by atoms with Gasteiger partial charge >= 0.3 is 0 Å². The van der Waals surface area contributed by atoms with Crippen molar-refractivity contribution in [3.05, 3.63) is 227 Å². The molecular weight excluding hydrogens is 775 g/mol. The maximum absolute atomic E-state index is 5.89. The monoisotopic (exact) mass is 829 g/mol. The lowest BCUT2D eigenvalue weighted by Crippen LogP contribution is -2.30. The van der Waals surface area contributed by atoms with Gasteiger partial charge in [0, 0.05) is 38.4 Å². The van der Waals surface area contributed by atoms with Crippen LogP contribution in [0.5, 0.6) is 5.75 Å². The molecule has 10 rings (SSSR count). The maximum atomic E-state index is 5.89. The standard InChI is InChI=1S/C60H49NO.C2H6/c1-4-19-42(20-5-2)47-25-9-10-30-50(47)60-53-29-8-6-7-28-51(53)59(52-31-11-12-32-54(52)60)43-22-18-24-46(37-35-43)61-56-33-15-13-27-49(56)55-39-44(36-38-57(55)61)41(3)21-17-23-45-40-62-58-34-16-14-26-48(45)58;1-2/h4,6-17,19-28,30-39,41H,5,18,40H2,1-3H3;1-2H3/b19-4-,21-17-,42-20+,45-23+;. The summed E-state index contributed by atoms with van der Waals surface area (Å²) in [5.41, 5.74) is 18.4. The van der Waals surface area contributed by atoms with E-state index in [1.165, 1.54) is 93.6 Å². The Labute approximate surface area is 378 Å². The summed E-state index contributed by atoms with van der Waals surface area (Å²) in [5.74, 6) is 1.21. The lowest BCUT2D eigenvalue weighted by Gasteiger charge is -2.18. The molecule has 0 N–H and O–H groups in total. The summed E-state index contributed by atoms with van der Waals surface area (Å²) in [6, 6.07) is 41.9. The molecule has 2 heteroatoms. The summed E-state index contributed by atoms with van der Waals surface area (Å²) in [5, 5.41) is 7.30. The van der Waals surface area contributed by atoms with Gasteiger partial charge in [-0.05, 0) is 111 Å². The SMILES string of the molecule is C/C=C\C(=C/CC)c1ccccc1-c1c2c(c(C3=CCC=C(n4c5ccccc5c5cc(C(C)/C=C\C=C6/COc7ccccc76)ccc54)C=C3)c3ccccc13)=CC=CC=C=2.CC. The molecule has 0 spiro atoms. The summed E-state index contributed by atoms with van der Waals surface area (Å²) in [6.07, 6.45) is 33.1. The van der Waals surface area contributed by atoms with Crippen LogP contribution < -0.4 is 15.2 Å². The Balaban J connectivity index is 0.00000256. The van der Waals surface area contributed by atoms with Crippen molar-refractivity contribution in [1.29, 1.82) is 0 Å². The number of para-hydroxylation sites is 2. The van der Waals surface area contributed by atoms with Gasteiger partial charge in [-0.1, -0.05) is 192 Å². The summed E-state index contributed by atoms with van der Waals surface area (Å²) < 4.78 is 8.33. The summed E-state index contributed by atoms with van der Waals surface area (Å²) in [7, 11) is 0. The highest BCUT2D eigenvalue weighted by Gasteiger charge is 2.20. The number of benzene rings is 6. The first-order chi connectivity index (χ1) is 31.6. The first-order valence-corrected chi connectivity index (χ1v) is 23.0. The van der Waals surface area contributed by atoms with Crippen LogP contribution in [-0.4, -0.2) is 11.2 Å². The van der Waals surface area contributed by atoms with E-state index in [0.717, 1.165) is 23.8 Å². The Morgan fingerprint density at radius 1 is 0.766 bits per heavy atom. The molecule has 2 nitrogen and oxygen atoms in total. The molecule has 2 aliphatic carbocycles. The van der Waals surface area contributed by atoms with Gasteiger partial charge < -0.3 is 9.30 Å². The molecule has 0 saturated heterocycles. The number of allylic oxidation sites excluding steroid dienone is 16. The normalized spacial score (nSPS) is 15.6. The van der Waals surface area contributed by atoms with E-state index >= 15 is 0 Å². The van der Waals surface area contributed by atoms with Gasteiger partial charge in [0.25, 0.3) is 0 Å². The fraction of sp³-hybridized carbons (Fsp3) is 0.145. The largest absolute Gasteiger partial charge is 0.488 e. The highest BCUT2D eigenvalue weighted by molar-refractivity contribution is 6.11. The zero-order valence-corrected chi connectivity index (χ0v) is 37.6. The predicted octanol–water partition coefficient (Wildman–Crippen LogP) is 15.3. The second-order valence-electron chi connectivity index (χ2n) is 16.2. The Morgan fingerprint density at radius 2 is 1.50 bits per heavy atom. The van der Waals surface area contributed by atoms with E-state index in [9.17, 15) is 0 Å². The second-order valence-corrected chi connectivity index (χ2v) is 16.2. The van der Waals surface area contributed by atoms with E-state index in [1.54, 1.807) is 0 Å². The Morgan fingerprint density at radius 3 is 2.33 bits per heavy atom. The van der Waals surface area contributed by atoms with Crippen molar-refractivity contribution in [3.63, 3.8) is 0 Å². The minimum atomic E-state index is 0.242. The minimum Gasteiger partial charge on any atom is -0.488 e. The molecule has 0 fully saturated rings. The minimum absolute atomic E-state index is 0.242. The number of nitrogens with zero attached hydrogens (tertiary/aromatic N) is 1. The zero-order valence-electron chi connectivity index (χ0n) is 37.6. The van der Waals surface area contributed by atoms with Crippen LogP contribution in [0.4, 0.5) is 0 Å². The highest BCUT2D eigenvalue weighted by Crippen LogP contribution is 2.38. The summed E-state index contributed by atoms with van der Waals surface area (Å²) in [4.78, 5) is 0. The quantitative estimate of drug-likeness (QED) is 0.132.